The van der Waals surface area contributed by atoms with Gasteiger partial charge in [-0.25, -0.2) is 0 Å². The summed E-state index contributed by atoms with van der Waals surface area (Å²) in [6, 6.07) is 0. The van der Waals surface area contributed by atoms with Gasteiger partial charge in [0.25, 0.3) is 0 Å². The molecule has 0 saturated heterocycles. The molecule has 1 unspecified atom stereocenters. The van der Waals surface area contributed by atoms with Crippen LogP contribution in [0.5, 0.6) is 0 Å². The van der Waals surface area contributed by atoms with E-state index in [0.29, 0.717) is 0 Å². The van der Waals surface area contributed by atoms with E-state index in [9.17, 15) is 0 Å². The van der Waals surface area contributed by atoms with E-state index in [-0.39, 0.29) is 9.83 Å². The molecule has 0 bridgehead atoms. The minimum Gasteiger partial charge on any atom is -0.179 e. The summed E-state index contributed by atoms with van der Waals surface area (Å²) < 4.78 is 0.0745. The first kappa shape index (κ1) is 9.40. The van der Waals surface area contributed by atoms with E-state index in [2.05, 4.69) is 50.5 Å². The third-order valence-corrected chi connectivity index (χ3v) is 2.77. The van der Waals surface area contributed by atoms with E-state index in [1.807, 2.05) is 0 Å². The summed E-state index contributed by atoms with van der Waals surface area (Å²) in [7, 11) is 0. The lowest BCUT2D eigenvalue weighted by atomic mass is 10.4. The Morgan fingerprint density at radius 3 is 1.75 bits per heavy atom. The molecule has 0 aliphatic carbocycles. The molecule has 0 N–H and O–H groups in total. The highest BCUT2D eigenvalue weighted by atomic mass is 32.2. The molecule has 0 heterocycles. The largest absolute Gasteiger partial charge is 0.179 e. The van der Waals surface area contributed by atoms with Gasteiger partial charge in [-0.05, 0) is 12.2 Å². The molecule has 0 radical (unpaired) electrons. The minimum atomic E-state index is 0.0745. The van der Waals surface area contributed by atoms with Crippen molar-refractivity contribution in [3.05, 3.63) is 0 Å². The molecule has 0 aliphatic rings. The fourth-order valence-electron chi connectivity index (χ4n) is 0.281. The zero-order chi connectivity index (χ0) is 6.57. The molecule has 0 aliphatic heterocycles. The highest BCUT2D eigenvalue weighted by Gasteiger charge is 2.06. The Kier molecular flexibility index (Phi) is 6.12. The molecule has 0 amide bonds. The van der Waals surface area contributed by atoms with Gasteiger partial charge in [0.05, 0.1) is 4.58 Å². The van der Waals surface area contributed by atoms with Crippen LogP contribution in [0.25, 0.3) is 0 Å². The maximum absolute atomic E-state index is 4.20. The van der Waals surface area contributed by atoms with Gasteiger partial charge < -0.3 is 0 Å². The summed E-state index contributed by atoms with van der Waals surface area (Å²) >= 11 is 16.4. The molecular formula is C4H10S4. The number of hydrogen-bond donors (Lipinski definition) is 4. The third-order valence-electron chi connectivity index (χ3n) is 0.769. The number of thiol groups is 4. The van der Waals surface area contributed by atoms with Crippen LogP contribution >= 0.6 is 50.5 Å². The molecule has 0 saturated carbocycles. The SMILES string of the molecule is SCCC(S)C(S)S. The van der Waals surface area contributed by atoms with Crippen LogP contribution in [-0.2, 0) is 0 Å². The fourth-order valence-corrected chi connectivity index (χ4v) is 1.19. The molecule has 0 aromatic heterocycles. The predicted octanol–water partition coefficient (Wildman–Crippen LogP) is 1.79. The Morgan fingerprint density at radius 1 is 1.12 bits per heavy atom. The topological polar surface area (TPSA) is 0 Å². The minimum absolute atomic E-state index is 0.0745. The summed E-state index contributed by atoms with van der Waals surface area (Å²) in [6.07, 6.45) is 0.962. The Hall–Kier alpha value is 1.40. The zero-order valence-corrected chi connectivity index (χ0v) is 7.94. The Balaban J connectivity index is 3.17. The van der Waals surface area contributed by atoms with Gasteiger partial charge in [-0.2, -0.15) is 50.5 Å². The van der Waals surface area contributed by atoms with Crippen molar-refractivity contribution in [2.45, 2.75) is 16.3 Å². The molecular weight excluding hydrogens is 176 g/mol. The summed E-state index contributed by atoms with van der Waals surface area (Å²) in [5.41, 5.74) is 0. The molecule has 0 fully saturated rings. The lowest BCUT2D eigenvalue weighted by Crippen LogP contribution is -2.08. The normalized spacial score (nSPS) is 14.6. The smallest absolute Gasteiger partial charge is 0.0558 e. The van der Waals surface area contributed by atoms with Gasteiger partial charge in [0.1, 0.15) is 0 Å². The third kappa shape index (κ3) is 4.30. The van der Waals surface area contributed by atoms with E-state index in [0.717, 1.165) is 12.2 Å². The van der Waals surface area contributed by atoms with E-state index < -0.39 is 0 Å². The van der Waals surface area contributed by atoms with Crippen LogP contribution < -0.4 is 0 Å². The van der Waals surface area contributed by atoms with Crippen LogP contribution in [0.1, 0.15) is 6.42 Å². The van der Waals surface area contributed by atoms with Crippen molar-refractivity contribution < 1.29 is 0 Å². The average Bonchev–Trinajstić information content (AvgIpc) is 1.67. The highest BCUT2D eigenvalue weighted by Crippen LogP contribution is 2.15. The Bertz CT molecular complexity index is 54.0. The predicted molar refractivity (Wildman–Crippen MR) is 53.0 cm³/mol. The number of hydrogen-bond acceptors (Lipinski definition) is 4. The molecule has 0 aromatic carbocycles. The Labute approximate surface area is 72.5 Å². The highest BCUT2D eigenvalue weighted by molar-refractivity contribution is 8.00. The standard InChI is InChI=1S/C4H10S4/c5-2-1-3(6)4(7)8/h3-8H,1-2H2. The molecule has 0 nitrogen and oxygen atoms in total. The van der Waals surface area contributed by atoms with Gasteiger partial charge in [0, 0.05) is 5.25 Å². The van der Waals surface area contributed by atoms with Gasteiger partial charge >= 0.3 is 0 Å². The van der Waals surface area contributed by atoms with E-state index in [4.69, 9.17) is 0 Å². The summed E-state index contributed by atoms with van der Waals surface area (Å²) in [5.74, 6) is 0.853. The lowest BCUT2D eigenvalue weighted by Gasteiger charge is -2.09. The van der Waals surface area contributed by atoms with Crippen molar-refractivity contribution >= 4 is 50.5 Å². The summed E-state index contributed by atoms with van der Waals surface area (Å²) in [4.78, 5) is 0. The van der Waals surface area contributed by atoms with Crippen molar-refractivity contribution in [1.82, 2.24) is 0 Å². The molecule has 0 aromatic rings. The van der Waals surface area contributed by atoms with Gasteiger partial charge in [0.15, 0.2) is 0 Å². The first-order valence-electron chi connectivity index (χ1n) is 2.33. The summed E-state index contributed by atoms with van der Waals surface area (Å²) in [6.45, 7) is 0. The molecule has 1 atom stereocenters. The second kappa shape index (κ2) is 5.21. The van der Waals surface area contributed by atoms with Crippen LogP contribution in [0.2, 0.25) is 0 Å². The molecule has 50 valence electrons. The van der Waals surface area contributed by atoms with Crippen molar-refractivity contribution in [2.75, 3.05) is 5.75 Å². The molecule has 4 heteroatoms. The van der Waals surface area contributed by atoms with Gasteiger partial charge in [-0.3, -0.25) is 0 Å². The second-order valence-corrected chi connectivity index (χ2v) is 4.12. The molecule has 8 heavy (non-hydrogen) atoms. The van der Waals surface area contributed by atoms with Crippen LogP contribution in [-0.4, -0.2) is 15.6 Å². The van der Waals surface area contributed by atoms with Crippen molar-refractivity contribution in [2.24, 2.45) is 0 Å². The molecule has 0 spiro atoms. The lowest BCUT2D eigenvalue weighted by molar-refractivity contribution is 0.917. The first-order chi connectivity index (χ1) is 3.68. The van der Waals surface area contributed by atoms with Crippen LogP contribution in [0, 0.1) is 0 Å². The van der Waals surface area contributed by atoms with Crippen molar-refractivity contribution in [3.8, 4) is 0 Å². The van der Waals surface area contributed by atoms with Crippen LogP contribution in [0.4, 0.5) is 0 Å². The monoisotopic (exact) mass is 186 g/mol. The van der Waals surface area contributed by atoms with E-state index in [1.54, 1.807) is 0 Å². The maximum atomic E-state index is 4.20. The Morgan fingerprint density at radius 2 is 1.62 bits per heavy atom. The van der Waals surface area contributed by atoms with Gasteiger partial charge in [-0.15, -0.1) is 0 Å². The van der Waals surface area contributed by atoms with Crippen molar-refractivity contribution in [3.63, 3.8) is 0 Å². The summed E-state index contributed by atoms with van der Waals surface area (Å²) in [5, 5.41) is 0.263. The first-order valence-corrected chi connectivity index (χ1v) is 4.51. The maximum Gasteiger partial charge on any atom is 0.0558 e. The second-order valence-electron chi connectivity index (χ2n) is 1.49. The molecule has 0 rings (SSSR count). The quantitative estimate of drug-likeness (QED) is 0.375. The van der Waals surface area contributed by atoms with Gasteiger partial charge in [-0.1, -0.05) is 0 Å². The van der Waals surface area contributed by atoms with Crippen LogP contribution in [0.3, 0.4) is 0 Å². The fraction of sp³-hybridized carbons (Fsp3) is 1.00. The van der Waals surface area contributed by atoms with E-state index >= 15 is 0 Å². The zero-order valence-electron chi connectivity index (χ0n) is 4.36. The van der Waals surface area contributed by atoms with Gasteiger partial charge in [0.2, 0.25) is 0 Å². The van der Waals surface area contributed by atoms with Crippen LogP contribution in [0.15, 0.2) is 0 Å². The van der Waals surface area contributed by atoms with E-state index in [1.165, 1.54) is 0 Å². The van der Waals surface area contributed by atoms with Crippen molar-refractivity contribution in [1.29, 1.82) is 0 Å². The average molecular weight is 186 g/mol. The number of rotatable bonds is 3.